The molecule has 1 heterocycles. The molecule has 1 aliphatic heterocycles. The van der Waals surface area contributed by atoms with Crippen LogP contribution in [0.3, 0.4) is 0 Å². The zero-order chi connectivity index (χ0) is 63.3. The average Bonchev–Trinajstić information content (AvgIpc) is 3.72. The monoisotopic (exact) mass is 1180 g/mol. The summed E-state index contributed by atoms with van der Waals surface area (Å²) in [7, 11) is -0.509. The molecule has 6 rings (SSSR count). The van der Waals surface area contributed by atoms with Gasteiger partial charge in [-0.25, -0.2) is 4.39 Å². The Labute approximate surface area is 478 Å². The number of carbonyl (C=O) groups excluding carboxylic acids is 2. The van der Waals surface area contributed by atoms with E-state index in [1.54, 1.807) is 44.2 Å². The second-order valence-corrected chi connectivity index (χ2v) is 22.5. The number of rotatable bonds is 17. The topological polar surface area (TPSA) is 93.1 Å². The summed E-state index contributed by atoms with van der Waals surface area (Å²) in [5.41, 5.74) is -0.553. The highest BCUT2D eigenvalue weighted by atomic mass is 19.4. The van der Waals surface area contributed by atoms with E-state index in [1.807, 2.05) is 105 Å². The number of hydrogen-bond acceptors (Lipinski definition) is 6. The highest BCUT2D eigenvalue weighted by molar-refractivity contribution is 6.62. The summed E-state index contributed by atoms with van der Waals surface area (Å²) >= 11 is 0. The molecule has 1 saturated heterocycles. The Morgan fingerprint density at radius 3 is 1.10 bits per heavy atom. The molecule has 6 nitrogen and oxygen atoms in total. The summed E-state index contributed by atoms with van der Waals surface area (Å²) in [6.07, 6.45) is -23.8. The molecule has 0 unspecified atom stereocenters. The first kappa shape index (κ1) is 70.0. The van der Waals surface area contributed by atoms with Crippen LogP contribution in [0.15, 0.2) is 91.0 Å². The number of alkyl halides is 12. The Morgan fingerprint density at radius 2 is 0.795 bits per heavy atom. The fourth-order valence-electron chi connectivity index (χ4n) is 11.0. The summed E-state index contributed by atoms with van der Waals surface area (Å²) in [5.74, 6) is -0.251. The molecule has 5 aromatic carbocycles. The van der Waals surface area contributed by atoms with E-state index in [0.29, 0.717) is 47.1 Å². The first-order chi connectivity index (χ1) is 38.1. The standard InChI is InChI=1S/C32H35F7O.C30H39BF6O3.CO2/c1-6-22-9-10-24(19-28(22)33)27-14-13-26(18-21(27)5)29(7-2,8-3)25-12-11-23(20(4)17-25)15-16-30(40,31(34,35)36)32(37,38)39;1-9-27(10-2,23-13-14-24(20(4)18-23)31-39-25(5,6)26(7,8)40-31)22-12-11-21(19(3)17-22)15-16-28(38,29(32,33)34)30(35,36)37;2-1-3/h9-14,17-19,40H,6-8,15-16H2,1-5H3;11-14,17-18,38H,9-10,15-16H2,1-8H3;. The van der Waals surface area contributed by atoms with Crippen molar-refractivity contribution in [2.45, 2.75) is 206 Å². The van der Waals surface area contributed by atoms with Crippen LogP contribution >= 0.6 is 0 Å². The second kappa shape index (κ2) is 26.0. The molecule has 5 aromatic rings. The van der Waals surface area contributed by atoms with Crippen LogP contribution in [0, 0.1) is 33.5 Å². The molecular weight excluding hydrogens is 1110 g/mol. The Hall–Kier alpha value is -5.53. The summed E-state index contributed by atoms with van der Waals surface area (Å²) in [6.45, 7) is 25.3. The van der Waals surface area contributed by atoms with Gasteiger partial charge < -0.3 is 19.5 Å². The van der Waals surface area contributed by atoms with E-state index >= 15 is 0 Å². The van der Waals surface area contributed by atoms with E-state index in [0.717, 1.165) is 62.8 Å². The summed E-state index contributed by atoms with van der Waals surface area (Å²) in [5, 5.41) is 19.1. The Kier molecular flexibility index (Phi) is 21.9. The van der Waals surface area contributed by atoms with E-state index in [9.17, 15) is 67.3 Å². The largest absolute Gasteiger partial charge is 0.495 e. The lowest BCUT2D eigenvalue weighted by atomic mass is 9.67. The fraction of sp³-hybridized carbons (Fsp3) is 0.508. The van der Waals surface area contributed by atoms with Crippen LogP contribution in [-0.4, -0.2) is 70.6 Å². The molecule has 0 amide bonds. The smallest absolute Gasteiger partial charge is 0.399 e. The number of aliphatic hydroxyl groups is 2. The van der Waals surface area contributed by atoms with Crippen LogP contribution in [-0.2, 0) is 49.0 Å². The lowest BCUT2D eigenvalue weighted by molar-refractivity contribution is -0.370. The zero-order valence-electron chi connectivity index (χ0n) is 49.0. The van der Waals surface area contributed by atoms with Crippen LogP contribution in [0.5, 0.6) is 0 Å². The molecule has 1 aliphatic rings. The lowest BCUT2D eigenvalue weighted by Gasteiger charge is -2.35. The van der Waals surface area contributed by atoms with Crippen molar-refractivity contribution in [3.8, 4) is 11.1 Å². The SMILES string of the molecule is CCC(CC)(c1ccc(CCC(O)(C(F)(F)F)C(F)(F)F)c(C)c1)c1ccc(B2OC(C)(C)C(C)(C)O2)c(C)c1.CCc1ccc(-c2ccc(C(CC)(CC)c3ccc(CCC(O)(C(F)(F)F)C(F)(F)F)c(C)c3)cc2C)cc1F.O=C=O. The van der Waals surface area contributed by atoms with Crippen LogP contribution in [0.1, 0.15) is 162 Å². The number of hydrogen-bond donors (Lipinski definition) is 2. The molecule has 20 heteroatoms. The van der Waals surface area contributed by atoms with Crippen molar-refractivity contribution >= 4 is 18.7 Å². The van der Waals surface area contributed by atoms with Gasteiger partial charge in [-0.05, 0) is 191 Å². The number of benzene rings is 5. The van der Waals surface area contributed by atoms with E-state index in [-0.39, 0.29) is 12.0 Å². The molecule has 1 fully saturated rings. The second-order valence-electron chi connectivity index (χ2n) is 22.5. The Balaban J connectivity index is 0.000000340. The molecule has 83 heavy (non-hydrogen) atoms. The van der Waals surface area contributed by atoms with Gasteiger partial charge in [-0.2, -0.15) is 62.3 Å². The van der Waals surface area contributed by atoms with Gasteiger partial charge in [0, 0.05) is 10.8 Å². The minimum absolute atomic E-state index is 0.250. The molecule has 0 radical (unpaired) electrons. The summed E-state index contributed by atoms with van der Waals surface area (Å²) in [6, 6.07) is 27.7. The van der Waals surface area contributed by atoms with Crippen molar-refractivity contribution in [1.82, 2.24) is 0 Å². The Morgan fingerprint density at radius 1 is 0.470 bits per heavy atom. The summed E-state index contributed by atoms with van der Waals surface area (Å²) in [4.78, 5) is 16.2. The first-order valence-corrected chi connectivity index (χ1v) is 27.4. The maximum Gasteiger partial charge on any atom is 0.495 e. The molecule has 2 N–H and O–H groups in total. The number of aryl methyl sites for hydroxylation is 7. The van der Waals surface area contributed by atoms with Gasteiger partial charge in [0.05, 0.1) is 11.2 Å². The molecule has 0 bridgehead atoms. The molecular formula is C63H74BF13O6. The third-order valence-electron chi connectivity index (χ3n) is 17.4. The van der Waals surface area contributed by atoms with Gasteiger partial charge in [0.15, 0.2) is 0 Å². The first-order valence-electron chi connectivity index (χ1n) is 27.4. The Bertz CT molecular complexity index is 3010. The van der Waals surface area contributed by atoms with E-state index in [4.69, 9.17) is 18.9 Å². The normalized spacial score (nSPS) is 15.1. The van der Waals surface area contributed by atoms with Crippen molar-refractivity contribution in [1.29, 1.82) is 0 Å². The predicted octanol–water partition coefficient (Wildman–Crippen LogP) is 16.5. The van der Waals surface area contributed by atoms with E-state index in [1.165, 1.54) is 6.07 Å². The van der Waals surface area contributed by atoms with Crippen molar-refractivity contribution in [3.05, 3.63) is 158 Å². The van der Waals surface area contributed by atoms with Crippen LogP contribution in [0.25, 0.3) is 11.1 Å². The minimum atomic E-state index is -5.84. The van der Waals surface area contributed by atoms with Crippen molar-refractivity contribution in [2.24, 2.45) is 0 Å². The highest BCUT2D eigenvalue weighted by Gasteiger charge is 2.70. The molecule has 0 saturated carbocycles. The van der Waals surface area contributed by atoms with Crippen LogP contribution < -0.4 is 5.46 Å². The van der Waals surface area contributed by atoms with Gasteiger partial charge in [-0.1, -0.05) is 125 Å². The minimum Gasteiger partial charge on any atom is -0.399 e. The maximum atomic E-state index is 14.4. The van der Waals surface area contributed by atoms with E-state index in [2.05, 4.69) is 26.0 Å². The summed E-state index contributed by atoms with van der Waals surface area (Å²) < 4.78 is 185. The third kappa shape index (κ3) is 14.3. The van der Waals surface area contributed by atoms with Crippen molar-refractivity contribution < 1.29 is 86.2 Å². The van der Waals surface area contributed by atoms with Crippen molar-refractivity contribution in [2.75, 3.05) is 0 Å². The predicted molar refractivity (Wildman–Crippen MR) is 294 cm³/mol. The van der Waals surface area contributed by atoms with Gasteiger partial charge >= 0.3 is 38.0 Å². The third-order valence-corrected chi connectivity index (χ3v) is 17.4. The van der Waals surface area contributed by atoms with Crippen molar-refractivity contribution in [3.63, 3.8) is 0 Å². The van der Waals surface area contributed by atoms with E-state index < -0.39 is 90.7 Å². The molecule has 0 aliphatic carbocycles. The van der Waals surface area contributed by atoms with Gasteiger partial charge in [-0.3, -0.25) is 0 Å². The maximum absolute atomic E-state index is 14.4. The van der Waals surface area contributed by atoms with Gasteiger partial charge in [0.25, 0.3) is 11.2 Å². The molecule has 0 atom stereocenters. The highest BCUT2D eigenvalue weighted by Crippen LogP contribution is 2.49. The average molecular weight is 1190 g/mol. The van der Waals surface area contributed by atoms with Crippen LogP contribution in [0.4, 0.5) is 57.1 Å². The molecule has 0 spiro atoms. The zero-order valence-corrected chi connectivity index (χ0v) is 49.0. The van der Waals surface area contributed by atoms with Gasteiger partial charge in [0.1, 0.15) is 5.82 Å². The van der Waals surface area contributed by atoms with Crippen LogP contribution in [0.2, 0.25) is 0 Å². The fourth-order valence-corrected chi connectivity index (χ4v) is 11.0. The number of halogens is 13. The van der Waals surface area contributed by atoms with Gasteiger partial charge in [-0.15, -0.1) is 0 Å². The lowest BCUT2D eigenvalue weighted by Crippen LogP contribution is -2.57. The molecule has 456 valence electrons. The quantitative estimate of drug-likeness (QED) is 0.0712. The van der Waals surface area contributed by atoms with Gasteiger partial charge in [0.2, 0.25) is 0 Å². The molecule has 0 aromatic heterocycles.